The van der Waals surface area contributed by atoms with Crippen LogP contribution in [0, 0.1) is 0 Å². The monoisotopic (exact) mass is 442 g/mol. The minimum absolute atomic E-state index is 0.0809. The summed E-state index contributed by atoms with van der Waals surface area (Å²) < 4.78 is 45.6. The maximum atomic E-state index is 13.0. The summed E-state index contributed by atoms with van der Waals surface area (Å²) in [5, 5.41) is 0.344. The van der Waals surface area contributed by atoms with Crippen LogP contribution in [0.2, 0.25) is 5.02 Å². The van der Waals surface area contributed by atoms with E-state index in [0.29, 0.717) is 10.5 Å². The number of aromatic nitrogens is 1. The third-order valence-electron chi connectivity index (χ3n) is 3.87. The summed E-state index contributed by atoms with van der Waals surface area (Å²) in [5.74, 6) is -1.23. The van der Waals surface area contributed by atoms with E-state index < -0.39 is 23.6 Å². The van der Waals surface area contributed by atoms with Crippen LogP contribution in [0.5, 0.6) is 0 Å². The van der Waals surface area contributed by atoms with E-state index in [2.05, 4.69) is 4.99 Å². The summed E-state index contributed by atoms with van der Waals surface area (Å²) in [5.41, 5.74) is -0.274. The molecule has 1 amide bonds. The first-order valence-electron chi connectivity index (χ1n) is 8.40. The summed E-state index contributed by atoms with van der Waals surface area (Å²) >= 11 is 6.76. The van der Waals surface area contributed by atoms with Crippen molar-refractivity contribution in [3.63, 3.8) is 0 Å². The van der Waals surface area contributed by atoms with E-state index in [4.69, 9.17) is 16.3 Å². The number of carbonyl (C=O) groups is 2. The van der Waals surface area contributed by atoms with Crippen molar-refractivity contribution in [2.45, 2.75) is 19.6 Å². The molecule has 3 aromatic rings. The summed E-state index contributed by atoms with van der Waals surface area (Å²) in [6.45, 7) is 1.49. The van der Waals surface area contributed by atoms with E-state index in [0.717, 1.165) is 23.5 Å². The molecule has 1 heterocycles. The second-order valence-electron chi connectivity index (χ2n) is 5.88. The maximum Gasteiger partial charge on any atom is 0.416 e. The minimum Gasteiger partial charge on any atom is -0.465 e. The van der Waals surface area contributed by atoms with Gasteiger partial charge in [0.2, 0.25) is 0 Å². The molecule has 0 N–H and O–H groups in total. The van der Waals surface area contributed by atoms with Gasteiger partial charge < -0.3 is 9.30 Å². The fourth-order valence-corrected chi connectivity index (χ4v) is 3.85. The number of thiazole rings is 1. The number of alkyl halides is 3. The molecule has 3 rings (SSSR count). The SMILES string of the molecule is CCOC(=O)Cn1c(=NC(=O)c2cccc(Cl)c2)sc2cc(C(F)(F)F)ccc21. The molecule has 0 saturated heterocycles. The highest BCUT2D eigenvalue weighted by Crippen LogP contribution is 2.32. The highest BCUT2D eigenvalue weighted by atomic mass is 35.5. The van der Waals surface area contributed by atoms with Gasteiger partial charge >= 0.3 is 12.1 Å². The molecule has 0 saturated carbocycles. The smallest absolute Gasteiger partial charge is 0.416 e. The van der Waals surface area contributed by atoms with Crippen LogP contribution in [-0.4, -0.2) is 23.1 Å². The quantitative estimate of drug-likeness (QED) is 0.551. The molecule has 5 nitrogen and oxygen atoms in total. The maximum absolute atomic E-state index is 13.0. The number of rotatable bonds is 4. The predicted molar refractivity (Wildman–Crippen MR) is 103 cm³/mol. The van der Waals surface area contributed by atoms with Gasteiger partial charge in [-0.05, 0) is 43.3 Å². The lowest BCUT2D eigenvalue weighted by atomic mass is 10.2. The topological polar surface area (TPSA) is 60.7 Å². The first-order valence-corrected chi connectivity index (χ1v) is 9.59. The second kappa shape index (κ2) is 8.38. The molecular weight excluding hydrogens is 429 g/mol. The summed E-state index contributed by atoms with van der Waals surface area (Å²) in [7, 11) is 0. The first kappa shape index (κ1) is 21.1. The zero-order valence-corrected chi connectivity index (χ0v) is 16.6. The van der Waals surface area contributed by atoms with Gasteiger partial charge in [-0.1, -0.05) is 29.0 Å². The van der Waals surface area contributed by atoms with Crippen molar-refractivity contribution in [2.24, 2.45) is 4.99 Å². The summed E-state index contributed by atoms with van der Waals surface area (Å²) in [4.78, 5) is 28.6. The van der Waals surface area contributed by atoms with Gasteiger partial charge in [0.15, 0.2) is 4.80 Å². The van der Waals surface area contributed by atoms with Gasteiger partial charge in [-0.25, -0.2) is 0 Å². The van der Waals surface area contributed by atoms with E-state index >= 15 is 0 Å². The van der Waals surface area contributed by atoms with Crippen molar-refractivity contribution in [2.75, 3.05) is 6.61 Å². The van der Waals surface area contributed by atoms with Gasteiger partial charge in [0, 0.05) is 10.6 Å². The zero-order chi connectivity index (χ0) is 21.2. The van der Waals surface area contributed by atoms with E-state index in [9.17, 15) is 22.8 Å². The van der Waals surface area contributed by atoms with Crippen LogP contribution in [0.1, 0.15) is 22.8 Å². The number of benzene rings is 2. The number of amides is 1. The molecule has 0 unspecified atom stereocenters. The lowest BCUT2D eigenvalue weighted by Crippen LogP contribution is -2.23. The van der Waals surface area contributed by atoms with Crippen molar-refractivity contribution in [1.29, 1.82) is 0 Å². The number of nitrogens with zero attached hydrogens (tertiary/aromatic N) is 2. The van der Waals surface area contributed by atoms with E-state index in [1.54, 1.807) is 19.1 Å². The van der Waals surface area contributed by atoms with Gasteiger partial charge in [0.05, 0.1) is 22.4 Å². The van der Waals surface area contributed by atoms with Crippen molar-refractivity contribution in [3.8, 4) is 0 Å². The number of fused-ring (bicyclic) bond motifs is 1. The number of carbonyl (C=O) groups excluding carboxylic acids is 2. The molecule has 0 aliphatic carbocycles. The van der Waals surface area contributed by atoms with Crippen LogP contribution in [0.25, 0.3) is 10.2 Å². The largest absolute Gasteiger partial charge is 0.465 e. The Labute approximate surface area is 172 Å². The number of ether oxygens (including phenoxy) is 1. The molecular formula is C19H14ClF3N2O3S. The Morgan fingerprint density at radius 2 is 1.97 bits per heavy atom. The summed E-state index contributed by atoms with van der Waals surface area (Å²) in [6, 6.07) is 9.25. The van der Waals surface area contributed by atoms with Gasteiger partial charge in [-0.2, -0.15) is 18.2 Å². The lowest BCUT2D eigenvalue weighted by Gasteiger charge is -2.07. The van der Waals surface area contributed by atoms with Crippen LogP contribution in [0.3, 0.4) is 0 Å². The Morgan fingerprint density at radius 1 is 1.21 bits per heavy atom. The van der Waals surface area contributed by atoms with Gasteiger partial charge in [-0.15, -0.1) is 0 Å². The Kier molecular flexibility index (Phi) is 6.09. The lowest BCUT2D eigenvalue weighted by molar-refractivity contribution is -0.143. The average molecular weight is 443 g/mol. The highest BCUT2D eigenvalue weighted by molar-refractivity contribution is 7.16. The van der Waals surface area contributed by atoms with E-state index in [-0.39, 0.29) is 28.2 Å². The summed E-state index contributed by atoms with van der Waals surface area (Å²) in [6.07, 6.45) is -4.52. The van der Waals surface area contributed by atoms with Crippen molar-refractivity contribution in [3.05, 3.63) is 63.4 Å². The van der Waals surface area contributed by atoms with Crippen LogP contribution in [0.4, 0.5) is 13.2 Å². The number of halogens is 4. The Balaban J connectivity index is 2.15. The molecule has 0 fully saturated rings. The van der Waals surface area contributed by atoms with Crippen molar-refractivity contribution in [1.82, 2.24) is 4.57 Å². The molecule has 29 heavy (non-hydrogen) atoms. The van der Waals surface area contributed by atoms with Gasteiger partial charge in [0.25, 0.3) is 5.91 Å². The van der Waals surface area contributed by atoms with Crippen LogP contribution in [-0.2, 0) is 22.3 Å². The Hall–Kier alpha value is -2.65. The molecule has 2 aromatic carbocycles. The predicted octanol–water partition coefficient (Wildman–Crippen LogP) is 4.68. The molecule has 1 aromatic heterocycles. The average Bonchev–Trinajstić information content (AvgIpc) is 2.97. The minimum atomic E-state index is -4.52. The normalized spacial score (nSPS) is 12.4. The number of hydrogen-bond donors (Lipinski definition) is 0. The molecule has 0 radical (unpaired) electrons. The number of hydrogen-bond acceptors (Lipinski definition) is 4. The number of esters is 1. The van der Waals surface area contributed by atoms with Crippen molar-refractivity contribution < 1.29 is 27.5 Å². The fraction of sp³-hybridized carbons (Fsp3) is 0.211. The molecule has 0 aliphatic heterocycles. The van der Waals surface area contributed by atoms with E-state index in [1.165, 1.54) is 22.8 Å². The third-order valence-corrected chi connectivity index (χ3v) is 5.15. The van der Waals surface area contributed by atoms with Crippen LogP contribution < -0.4 is 4.80 Å². The molecule has 10 heteroatoms. The molecule has 0 aliphatic rings. The third kappa shape index (κ3) is 4.86. The molecule has 0 bridgehead atoms. The Morgan fingerprint density at radius 3 is 2.62 bits per heavy atom. The van der Waals surface area contributed by atoms with Gasteiger partial charge in [-0.3, -0.25) is 9.59 Å². The molecule has 0 spiro atoms. The fourth-order valence-electron chi connectivity index (χ4n) is 2.60. The van der Waals surface area contributed by atoms with Crippen LogP contribution in [0.15, 0.2) is 47.5 Å². The van der Waals surface area contributed by atoms with E-state index in [1.807, 2.05) is 0 Å². The van der Waals surface area contributed by atoms with Crippen LogP contribution >= 0.6 is 22.9 Å². The standard InChI is InChI=1S/C19H14ClF3N2O3S/c1-2-28-16(26)10-25-14-7-6-12(19(21,22)23)9-15(14)29-18(25)24-17(27)11-4-3-5-13(20)8-11/h3-9H,2,10H2,1H3. The molecule has 0 atom stereocenters. The zero-order valence-electron chi connectivity index (χ0n) is 15.0. The molecule has 152 valence electrons. The van der Waals surface area contributed by atoms with Crippen molar-refractivity contribution >= 4 is 45.0 Å². The second-order valence-corrected chi connectivity index (χ2v) is 7.33. The highest BCUT2D eigenvalue weighted by Gasteiger charge is 2.31. The first-order chi connectivity index (χ1) is 13.7. The van der Waals surface area contributed by atoms with Gasteiger partial charge in [0.1, 0.15) is 6.54 Å². The Bertz CT molecular complexity index is 1150.